The number of aliphatic hydroxyl groups is 1. The van der Waals surface area contributed by atoms with Gasteiger partial charge in [0.2, 0.25) is 0 Å². The summed E-state index contributed by atoms with van der Waals surface area (Å²) in [6.07, 6.45) is 1.46. The second-order valence-corrected chi connectivity index (χ2v) is 14.4. The Balaban J connectivity index is 1.51. The number of carbonyl (C=O) groups excluding carboxylic acids is 2. The highest BCUT2D eigenvalue weighted by Gasteiger charge is 2.60. The number of benzene rings is 1. The number of fused-ring (bicyclic) bond motifs is 1. The van der Waals surface area contributed by atoms with Gasteiger partial charge < -0.3 is 15.3 Å². The number of carbonyl (C=O) groups is 2. The number of aryl methyl sites for hydroxylation is 1. The Morgan fingerprint density at radius 3 is 2.50 bits per heavy atom. The van der Waals surface area contributed by atoms with Gasteiger partial charge in [0.25, 0.3) is 11.8 Å². The first-order valence-corrected chi connectivity index (χ1v) is 13.9. The van der Waals surface area contributed by atoms with E-state index in [-0.39, 0.29) is 18.4 Å². The number of nitrogens with one attached hydrogen (secondary N) is 1. The van der Waals surface area contributed by atoms with Crippen molar-refractivity contribution in [2.75, 3.05) is 19.7 Å². The lowest BCUT2D eigenvalue weighted by molar-refractivity contribution is 0.0741. The van der Waals surface area contributed by atoms with Gasteiger partial charge in [-0.1, -0.05) is 23.7 Å². The van der Waals surface area contributed by atoms with Crippen LogP contribution in [0.5, 0.6) is 0 Å². The summed E-state index contributed by atoms with van der Waals surface area (Å²) in [5, 5.41) is 13.2. The SMILES string of the molecule is Cc1sc2c(c1C(=O)NCc1ccc(Cl)cc1)CCN(CC1(S(=O)(=O)C(C)(C)CO)CC1)C2=O. The van der Waals surface area contributed by atoms with Crippen LogP contribution in [0.4, 0.5) is 0 Å². The Morgan fingerprint density at radius 1 is 1.26 bits per heavy atom. The molecular weight excluding hydrogens is 496 g/mol. The van der Waals surface area contributed by atoms with Crippen LogP contribution < -0.4 is 5.32 Å². The fourth-order valence-corrected chi connectivity index (χ4v) is 8.09. The van der Waals surface area contributed by atoms with E-state index in [2.05, 4.69) is 5.32 Å². The molecule has 0 spiro atoms. The highest BCUT2D eigenvalue weighted by atomic mass is 35.5. The molecule has 2 aliphatic rings. The Morgan fingerprint density at radius 2 is 1.91 bits per heavy atom. The number of hydrogen-bond acceptors (Lipinski definition) is 6. The smallest absolute Gasteiger partial charge is 0.264 e. The number of sulfone groups is 1. The van der Waals surface area contributed by atoms with Crippen molar-refractivity contribution in [3.63, 3.8) is 0 Å². The highest BCUT2D eigenvalue weighted by Crippen LogP contribution is 2.49. The molecule has 7 nitrogen and oxygen atoms in total. The predicted molar refractivity (Wildman–Crippen MR) is 133 cm³/mol. The van der Waals surface area contributed by atoms with E-state index >= 15 is 0 Å². The van der Waals surface area contributed by atoms with Crippen LogP contribution in [0.2, 0.25) is 5.02 Å². The Bertz CT molecular complexity index is 1230. The summed E-state index contributed by atoms with van der Waals surface area (Å²) in [6, 6.07) is 7.23. The highest BCUT2D eigenvalue weighted by molar-refractivity contribution is 7.94. The Labute approximate surface area is 209 Å². The van der Waals surface area contributed by atoms with Crippen molar-refractivity contribution in [2.24, 2.45) is 0 Å². The average molecular weight is 525 g/mol. The maximum Gasteiger partial charge on any atom is 0.264 e. The zero-order valence-corrected chi connectivity index (χ0v) is 21.9. The van der Waals surface area contributed by atoms with Crippen LogP contribution in [0.3, 0.4) is 0 Å². The number of halogens is 1. The average Bonchev–Trinajstić information content (AvgIpc) is 3.51. The van der Waals surface area contributed by atoms with Gasteiger partial charge in [-0.2, -0.15) is 0 Å². The maximum absolute atomic E-state index is 13.3. The molecule has 0 atom stereocenters. The molecule has 0 radical (unpaired) electrons. The molecular formula is C24H29ClN2O5S2. The van der Waals surface area contributed by atoms with Crippen LogP contribution in [0.1, 0.15) is 62.7 Å². The molecule has 2 amide bonds. The fraction of sp³-hybridized carbons (Fsp3) is 0.500. The first-order chi connectivity index (χ1) is 15.9. The van der Waals surface area contributed by atoms with E-state index in [0.29, 0.717) is 47.8 Å². The zero-order chi connectivity index (χ0) is 24.9. The zero-order valence-electron chi connectivity index (χ0n) is 19.5. The first-order valence-electron chi connectivity index (χ1n) is 11.2. The Hall–Kier alpha value is -1.94. The third-order valence-corrected chi connectivity index (χ3v) is 11.5. The van der Waals surface area contributed by atoms with Crippen LogP contribution in [0.15, 0.2) is 24.3 Å². The lowest BCUT2D eigenvalue weighted by atomic mass is 10.0. The predicted octanol–water partition coefficient (Wildman–Crippen LogP) is 3.36. The normalized spacial score (nSPS) is 17.4. The molecule has 1 aromatic heterocycles. The van der Waals surface area contributed by atoms with Crippen LogP contribution in [-0.2, 0) is 22.8 Å². The van der Waals surface area contributed by atoms with E-state index < -0.39 is 25.9 Å². The summed E-state index contributed by atoms with van der Waals surface area (Å²) < 4.78 is 24.1. The molecule has 0 bridgehead atoms. The van der Waals surface area contributed by atoms with Gasteiger partial charge in [0, 0.05) is 29.5 Å². The van der Waals surface area contributed by atoms with E-state index in [1.54, 1.807) is 17.0 Å². The molecule has 0 saturated heterocycles. The van der Waals surface area contributed by atoms with Crippen molar-refractivity contribution < 1.29 is 23.1 Å². The van der Waals surface area contributed by atoms with Gasteiger partial charge in [-0.15, -0.1) is 11.3 Å². The summed E-state index contributed by atoms with van der Waals surface area (Å²) >= 11 is 7.20. The Kier molecular flexibility index (Phi) is 6.61. The quantitative estimate of drug-likeness (QED) is 0.551. The molecule has 2 heterocycles. The lowest BCUT2D eigenvalue weighted by Gasteiger charge is -2.34. The minimum absolute atomic E-state index is 0.117. The summed E-state index contributed by atoms with van der Waals surface area (Å²) in [5.41, 5.74) is 2.20. The molecule has 1 saturated carbocycles. The molecule has 184 valence electrons. The largest absolute Gasteiger partial charge is 0.395 e. The van der Waals surface area contributed by atoms with Gasteiger partial charge in [-0.25, -0.2) is 8.42 Å². The third kappa shape index (κ3) is 4.27. The lowest BCUT2D eigenvalue weighted by Crippen LogP contribution is -2.51. The van der Waals surface area contributed by atoms with Crippen LogP contribution >= 0.6 is 22.9 Å². The van der Waals surface area contributed by atoms with Crippen LogP contribution in [-0.4, -0.2) is 59.4 Å². The van der Waals surface area contributed by atoms with Crippen molar-refractivity contribution in [1.82, 2.24) is 10.2 Å². The summed E-state index contributed by atoms with van der Waals surface area (Å²) in [7, 11) is -3.64. The van der Waals surface area contributed by atoms with Gasteiger partial charge >= 0.3 is 0 Å². The van der Waals surface area contributed by atoms with E-state index in [1.807, 2.05) is 19.1 Å². The molecule has 1 aliphatic carbocycles. The van der Waals surface area contributed by atoms with Crippen molar-refractivity contribution in [1.29, 1.82) is 0 Å². The van der Waals surface area contributed by atoms with Gasteiger partial charge in [0.1, 0.15) is 0 Å². The van der Waals surface area contributed by atoms with Crippen molar-refractivity contribution >= 4 is 44.6 Å². The molecule has 10 heteroatoms. The molecule has 4 rings (SSSR count). The second-order valence-electron chi connectivity index (χ2n) is 9.73. The molecule has 1 aliphatic heterocycles. The second kappa shape index (κ2) is 8.93. The third-order valence-electron chi connectivity index (χ3n) is 6.85. The summed E-state index contributed by atoms with van der Waals surface area (Å²) in [5.74, 6) is -0.452. The number of thiophene rings is 1. The molecule has 2 aromatic rings. The van der Waals surface area contributed by atoms with E-state index in [0.717, 1.165) is 16.0 Å². The standard InChI is InChI=1S/C24H29ClN2O5S2/c1-15-19(21(29)26-12-16-4-6-17(25)7-5-16)18-8-11-27(22(30)20(18)33-15)13-24(9-10-24)34(31,32)23(2,3)14-28/h4-7,28H,8-14H2,1-3H3,(H,26,29). The molecule has 2 N–H and O–H groups in total. The molecule has 1 aromatic carbocycles. The minimum Gasteiger partial charge on any atom is -0.395 e. The van der Waals surface area contributed by atoms with E-state index in [1.165, 1.54) is 25.2 Å². The monoisotopic (exact) mass is 524 g/mol. The number of aliphatic hydroxyl groups excluding tert-OH is 1. The fourth-order valence-electron chi connectivity index (χ4n) is 4.49. The van der Waals surface area contributed by atoms with Crippen molar-refractivity contribution in [3.8, 4) is 0 Å². The molecule has 34 heavy (non-hydrogen) atoms. The van der Waals surface area contributed by atoms with Crippen molar-refractivity contribution in [2.45, 2.75) is 56.1 Å². The van der Waals surface area contributed by atoms with Crippen LogP contribution in [0, 0.1) is 6.92 Å². The van der Waals surface area contributed by atoms with E-state index in [9.17, 15) is 23.1 Å². The van der Waals surface area contributed by atoms with Gasteiger partial charge in [-0.05, 0) is 63.3 Å². The summed E-state index contributed by atoms with van der Waals surface area (Å²) in [6.45, 7) is 5.23. The summed E-state index contributed by atoms with van der Waals surface area (Å²) in [4.78, 5) is 29.2. The van der Waals surface area contributed by atoms with Crippen molar-refractivity contribution in [3.05, 3.63) is 55.7 Å². The first kappa shape index (κ1) is 25.2. The minimum atomic E-state index is -3.64. The number of hydrogen-bond donors (Lipinski definition) is 2. The number of rotatable bonds is 8. The van der Waals surface area contributed by atoms with E-state index in [4.69, 9.17) is 11.6 Å². The number of amides is 2. The molecule has 0 unspecified atom stereocenters. The number of nitrogens with zero attached hydrogens (tertiary/aromatic N) is 1. The molecule has 1 fully saturated rings. The van der Waals surface area contributed by atoms with Gasteiger partial charge in [-0.3, -0.25) is 9.59 Å². The van der Waals surface area contributed by atoms with Gasteiger partial charge in [0.05, 0.1) is 26.5 Å². The van der Waals surface area contributed by atoms with Gasteiger partial charge in [0.15, 0.2) is 9.84 Å². The topological polar surface area (TPSA) is 104 Å². The maximum atomic E-state index is 13.3. The van der Waals surface area contributed by atoms with Crippen LogP contribution in [0.25, 0.3) is 0 Å².